The zero-order valence-corrected chi connectivity index (χ0v) is 23.2. The van der Waals surface area contributed by atoms with Crippen molar-refractivity contribution < 1.29 is 4.42 Å². The van der Waals surface area contributed by atoms with Gasteiger partial charge in [0.15, 0.2) is 11.4 Å². The third kappa shape index (κ3) is 4.55. The molecule has 0 aliphatic carbocycles. The van der Waals surface area contributed by atoms with Gasteiger partial charge in [0.1, 0.15) is 5.52 Å². The number of hydrogen-bond donors (Lipinski definition) is 0. The van der Waals surface area contributed by atoms with E-state index in [-0.39, 0.29) is 0 Å². The molecule has 0 amide bonds. The summed E-state index contributed by atoms with van der Waals surface area (Å²) in [7, 11) is 0. The second kappa shape index (κ2) is 10.5. The van der Waals surface area contributed by atoms with Crippen LogP contribution in [0.1, 0.15) is 0 Å². The molecule has 4 nitrogen and oxygen atoms in total. The molecular weight excluding hydrogens is 526 g/mol. The number of fused-ring (bicyclic) bond motifs is 2. The molecule has 0 bridgehead atoms. The van der Waals surface area contributed by atoms with Crippen LogP contribution in [0.25, 0.3) is 78.4 Å². The van der Waals surface area contributed by atoms with E-state index in [1.165, 1.54) is 0 Å². The summed E-state index contributed by atoms with van der Waals surface area (Å²) < 4.78 is 6.20. The van der Waals surface area contributed by atoms with Crippen LogP contribution in [-0.2, 0) is 0 Å². The third-order valence-electron chi connectivity index (χ3n) is 7.76. The first-order chi connectivity index (χ1) is 21.3. The zero-order chi connectivity index (χ0) is 28.6. The van der Waals surface area contributed by atoms with Crippen LogP contribution >= 0.6 is 0 Å². The summed E-state index contributed by atoms with van der Waals surface area (Å²) in [6.45, 7) is 0. The van der Waals surface area contributed by atoms with Crippen LogP contribution in [0.4, 0.5) is 0 Å². The first-order valence-corrected chi connectivity index (χ1v) is 14.3. The van der Waals surface area contributed by atoms with E-state index in [1.54, 1.807) is 0 Å². The molecular formula is C39H25N3O. The van der Waals surface area contributed by atoms with E-state index < -0.39 is 0 Å². The maximum absolute atomic E-state index is 6.20. The van der Waals surface area contributed by atoms with Crippen LogP contribution in [0, 0.1) is 0 Å². The lowest BCUT2D eigenvalue weighted by atomic mass is 9.94. The summed E-state index contributed by atoms with van der Waals surface area (Å²) >= 11 is 0. The summed E-state index contributed by atoms with van der Waals surface area (Å²) in [5, 5.41) is 2.18. The Balaban J connectivity index is 1.32. The van der Waals surface area contributed by atoms with E-state index in [2.05, 4.69) is 72.8 Å². The minimum absolute atomic E-state index is 0.614. The van der Waals surface area contributed by atoms with Crippen molar-refractivity contribution in [3.05, 3.63) is 152 Å². The third-order valence-corrected chi connectivity index (χ3v) is 7.76. The van der Waals surface area contributed by atoms with Crippen LogP contribution in [0.2, 0.25) is 0 Å². The molecule has 6 aromatic carbocycles. The molecule has 0 fully saturated rings. The van der Waals surface area contributed by atoms with E-state index in [4.69, 9.17) is 19.4 Å². The molecule has 0 aliphatic rings. The molecule has 2 aromatic heterocycles. The average molecular weight is 552 g/mol. The fraction of sp³-hybridized carbons (Fsp3) is 0. The smallest absolute Gasteiger partial charge is 0.227 e. The molecule has 0 atom stereocenters. The van der Waals surface area contributed by atoms with E-state index in [0.717, 1.165) is 66.6 Å². The van der Waals surface area contributed by atoms with E-state index in [0.29, 0.717) is 11.7 Å². The maximum atomic E-state index is 6.20. The van der Waals surface area contributed by atoms with Gasteiger partial charge in [-0.2, -0.15) is 0 Å². The Bertz CT molecular complexity index is 2170. The molecule has 0 radical (unpaired) electrons. The number of aromatic nitrogens is 3. The number of nitrogens with zero attached hydrogens (tertiary/aromatic N) is 3. The Kier molecular flexibility index (Phi) is 6.08. The number of oxazole rings is 1. The van der Waals surface area contributed by atoms with Gasteiger partial charge < -0.3 is 4.42 Å². The molecule has 0 saturated carbocycles. The van der Waals surface area contributed by atoms with Gasteiger partial charge in [0.05, 0.1) is 11.4 Å². The molecule has 8 aromatic rings. The topological polar surface area (TPSA) is 51.8 Å². The number of rotatable bonds is 5. The highest BCUT2D eigenvalue weighted by molar-refractivity contribution is 6.08. The van der Waals surface area contributed by atoms with Gasteiger partial charge in [-0.1, -0.05) is 121 Å². The minimum Gasteiger partial charge on any atom is -0.436 e. The van der Waals surface area contributed by atoms with Gasteiger partial charge in [0.25, 0.3) is 0 Å². The Morgan fingerprint density at radius 2 is 0.930 bits per heavy atom. The molecule has 8 rings (SSSR count). The lowest BCUT2D eigenvalue weighted by molar-refractivity contribution is 0.620. The van der Waals surface area contributed by atoms with Crippen LogP contribution in [0.3, 0.4) is 0 Å². The lowest BCUT2D eigenvalue weighted by Crippen LogP contribution is -1.97. The number of hydrogen-bond acceptors (Lipinski definition) is 4. The second-order valence-corrected chi connectivity index (χ2v) is 10.4. The zero-order valence-electron chi connectivity index (χ0n) is 23.2. The standard InChI is InChI=1S/C39H25N3O/c1-4-13-26(14-5-1)34-25-35(27-15-6-2-7-16-27)41-38(40-34)33-24-23-31(29-19-10-11-20-30(29)33)32-21-12-22-36-37(32)42-39(43-36)28-17-8-3-9-18-28/h1-25H. The summed E-state index contributed by atoms with van der Waals surface area (Å²) in [6, 6.07) is 51.5. The monoisotopic (exact) mass is 551 g/mol. The highest BCUT2D eigenvalue weighted by Crippen LogP contribution is 2.39. The molecule has 0 unspecified atom stereocenters. The van der Waals surface area contributed by atoms with Gasteiger partial charge in [-0.05, 0) is 46.7 Å². The molecule has 43 heavy (non-hydrogen) atoms. The van der Waals surface area contributed by atoms with Gasteiger partial charge in [-0.15, -0.1) is 0 Å². The normalized spacial score (nSPS) is 11.3. The van der Waals surface area contributed by atoms with Crippen molar-refractivity contribution in [2.45, 2.75) is 0 Å². The van der Waals surface area contributed by atoms with Crippen molar-refractivity contribution >= 4 is 21.9 Å². The summed E-state index contributed by atoms with van der Waals surface area (Å²) in [6.07, 6.45) is 0. The minimum atomic E-state index is 0.614. The summed E-state index contributed by atoms with van der Waals surface area (Å²) in [5.74, 6) is 1.30. The average Bonchev–Trinajstić information content (AvgIpc) is 3.54. The molecule has 0 N–H and O–H groups in total. The first kappa shape index (κ1) is 24.9. The predicted molar refractivity (Wildman–Crippen MR) is 174 cm³/mol. The largest absolute Gasteiger partial charge is 0.436 e. The van der Waals surface area contributed by atoms with Crippen molar-refractivity contribution in [1.82, 2.24) is 15.0 Å². The van der Waals surface area contributed by atoms with E-state index in [1.807, 2.05) is 78.9 Å². The lowest BCUT2D eigenvalue weighted by Gasteiger charge is -2.13. The highest BCUT2D eigenvalue weighted by atomic mass is 16.3. The van der Waals surface area contributed by atoms with Gasteiger partial charge in [-0.3, -0.25) is 0 Å². The van der Waals surface area contributed by atoms with Crippen LogP contribution in [-0.4, -0.2) is 15.0 Å². The molecule has 0 saturated heterocycles. The number of para-hydroxylation sites is 1. The highest BCUT2D eigenvalue weighted by Gasteiger charge is 2.18. The van der Waals surface area contributed by atoms with E-state index >= 15 is 0 Å². The fourth-order valence-electron chi connectivity index (χ4n) is 5.68. The van der Waals surface area contributed by atoms with Crippen LogP contribution in [0.15, 0.2) is 156 Å². The number of benzene rings is 6. The van der Waals surface area contributed by atoms with Gasteiger partial charge in [-0.25, -0.2) is 15.0 Å². The van der Waals surface area contributed by atoms with Gasteiger partial charge in [0.2, 0.25) is 5.89 Å². The maximum Gasteiger partial charge on any atom is 0.227 e. The predicted octanol–water partition coefficient (Wildman–Crippen LogP) is 10.1. The molecule has 2 heterocycles. The van der Waals surface area contributed by atoms with Crippen LogP contribution < -0.4 is 0 Å². The summed E-state index contributed by atoms with van der Waals surface area (Å²) in [4.78, 5) is 15.1. The van der Waals surface area contributed by atoms with Crippen molar-refractivity contribution in [3.63, 3.8) is 0 Å². The SMILES string of the molecule is c1ccc(-c2cc(-c3ccccc3)nc(-c3ccc(-c4cccc5oc(-c6ccccc6)nc45)c4ccccc34)n2)cc1. The van der Waals surface area contributed by atoms with Gasteiger partial charge >= 0.3 is 0 Å². The van der Waals surface area contributed by atoms with Crippen LogP contribution in [0.5, 0.6) is 0 Å². The second-order valence-electron chi connectivity index (χ2n) is 10.4. The van der Waals surface area contributed by atoms with Crippen molar-refractivity contribution in [2.75, 3.05) is 0 Å². The van der Waals surface area contributed by atoms with Gasteiger partial charge in [0, 0.05) is 27.8 Å². The Hall–Kier alpha value is -5.87. The molecule has 202 valence electrons. The molecule has 4 heteroatoms. The van der Waals surface area contributed by atoms with Crippen molar-refractivity contribution in [2.24, 2.45) is 0 Å². The molecule has 0 spiro atoms. The first-order valence-electron chi connectivity index (χ1n) is 14.3. The summed E-state index contributed by atoms with van der Waals surface area (Å²) in [5.41, 5.74) is 9.52. The Morgan fingerprint density at radius 3 is 1.56 bits per heavy atom. The Morgan fingerprint density at radius 1 is 0.395 bits per heavy atom. The fourth-order valence-corrected chi connectivity index (χ4v) is 5.68. The van der Waals surface area contributed by atoms with E-state index in [9.17, 15) is 0 Å². The quantitative estimate of drug-likeness (QED) is 0.214. The Labute approximate surface area is 249 Å². The van der Waals surface area contributed by atoms with Crippen molar-refractivity contribution in [1.29, 1.82) is 0 Å². The van der Waals surface area contributed by atoms with Crippen molar-refractivity contribution in [3.8, 4) is 56.5 Å². The molecule has 0 aliphatic heterocycles.